The quantitative estimate of drug-likeness (QED) is 0.606. The van der Waals surface area contributed by atoms with Crippen molar-refractivity contribution in [1.82, 2.24) is 10.1 Å². The van der Waals surface area contributed by atoms with Gasteiger partial charge in [-0.25, -0.2) is 0 Å². The van der Waals surface area contributed by atoms with E-state index in [1.54, 1.807) is 0 Å². The van der Waals surface area contributed by atoms with Crippen LogP contribution in [0.15, 0.2) is 47.0 Å². The summed E-state index contributed by atoms with van der Waals surface area (Å²) in [7, 11) is 0. The average molecular weight is 435 g/mol. The Morgan fingerprint density at radius 3 is 2.69 bits per heavy atom. The number of rotatable bonds is 2. The van der Waals surface area contributed by atoms with Crippen LogP contribution in [0.4, 0.5) is 0 Å². The van der Waals surface area contributed by atoms with Gasteiger partial charge in [0.25, 0.3) is 0 Å². The summed E-state index contributed by atoms with van der Waals surface area (Å²) in [6.07, 6.45) is 1.05. The number of carbonyl (C=O) groups excluding carboxylic acids is 1. The van der Waals surface area contributed by atoms with Crippen LogP contribution < -0.4 is 4.74 Å². The lowest BCUT2D eigenvalue weighted by Crippen LogP contribution is -2.35. The molecule has 1 aromatic heterocycles. The Labute approximate surface area is 189 Å². The molecule has 2 bridgehead atoms. The van der Waals surface area contributed by atoms with Gasteiger partial charge in [0.15, 0.2) is 0 Å². The molecule has 1 aliphatic rings. The summed E-state index contributed by atoms with van der Waals surface area (Å²) < 4.78 is 17.0. The number of aryl methyl sites for hydroxylation is 3. The fourth-order valence-electron chi connectivity index (χ4n) is 4.06. The molecule has 3 aromatic rings. The summed E-state index contributed by atoms with van der Waals surface area (Å²) in [6, 6.07) is 14.7. The van der Waals surface area contributed by atoms with Crippen LogP contribution in [0.2, 0.25) is 0 Å². The van der Waals surface area contributed by atoms with Crippen LogP contribution in [0.3, 0.4) is 0 Å². The minimum atomic E-state index is 0.0396. The number of hydrogen-bond acceptors (Lipinski definition) is 5. The maximum atomic E-state index is 13.2. The second-order valence-corrected chi connectivity index (χ2v) is 8.36. The molecule has 1 amide bonds. The Hall–Kier alpha value is -3.12. The fraction of sp³-hybridized carbons (Fsp3) is 0.385. The number of fused-ring (bicyclic) bond motifs is 3. The van der Waals surface area contributed by atoms with E-state index in [4.69, 9.17) is 14.0 Å². The van der Waals surface area contributed by atoms with E-state index >= 15 is 0 Å². The molecule has 0 aliphatic carbocycles. The summed E-state index contributed by atoms with van der Waals surface area (Å²) in [6.45, 7) is 8.27. The first-order valence-electron chi connectivity index (χ1n) is 11.1. The summed E-state index contributed by atoms with van der Waals surface area (Å²) in [5, 5.41) is 3.98. The van der Waals surface area contributed by atoms with Crippen molar-refractivity contribution >= 4 is 5.91 Å². The summed E-state index contributed by atoms with van der Waals surface area (Å²) >= 11 is 0. The van der Waals surface area contributed by atoms with Crippen molar-refractivity contribution in [3.63, 3.8) is 0 Å². The first-order valence-corrected chi connectivity index (χ1v) is 11.1. The Morgan fingerprint density at radius 1 is 1.03 bits per heavy atom. The van der Waals surface area contributed by atoms with Gasteiger partial charge in [-0.3, -0.25) is 4.79 Å². The molecule has 1 aliphatic heterocycles. The Balaban J connectivity index is 1.58. The molecule has 0 saturated heterocycles. The number of ether oxygens (including phenoxy) is 2. The summed E-state index contributed by atoms with van der Waals surface area (Å²) in [5.41, 5.74) is 6.29. The monoisotopic (exact) mass is 434 g/mol. The number of hydrogen-bond donors (Lipinski definition) is 0. The highest BCUT2D eigenvalue weighted by molar-refractivity contribution is 5.79. The van der Waals surface area contributed by atoms with Crippen molar-refractivity contribution in [3.05, 3.63) is 81.7 Å². The molecular weight excluding hydrogens is 404 g/mol. The van der Waals surface area contributed by atoms with Gasteiger partial charge in [-0.15, -0.1) is 0 Å². The van der Waals surface area contributed by atoms with E-state index < -0.39 is 0 Å². The Bertz CT molecular complexity index is 1070. The lowest BCUT2D eigenvalue weighted by atomic mass is 10.00. The second-order valence-electron chi connectivity index (χ2n) is 8.36. The van der Waals surface area contributed by atoms with Crippen LogP contribution in [0.1, 0.15) is 39.3 Å². The third kappa shape index (κ3) is 5.37. The number of nitrogens with zero attached hydrogens (tertiary/aromatic N) is 2. The first-order chi connectivity index (χ1) is 15.5. The second kappa shape index (κ2) is 10.0. The molecule has 0 N–H and O–H groups in total. The van der Waals surface area contributed by atoms with E-state index in [9.17, 15) is 4.79 Å². The van der Waals surface area contributed by atoms with Gasteiger partial charge in [0.05, 0.1) is 25.3 Å². The molecule has 0 atom stereocenters. The molecule has 0 fully saturated rings. The van der Waals surface area contributed by atoms with Gasteiger partial charge in [0.1, 0.15) is 18.1 Å². The minimum Gasteiger partial charge on any atom is -0.491 e. The molecular formula is C26H30N2O4. The maximum absolute atomic E-state index is 13.2. The standard InChI is InChI=1S/C26H30N2O4/c1-18-7-8-25-23(13-18)15-21-5-4-6-22(14-21)17-28(9-10-30-11-12-31-25)26(29)16-24-19(2)27-32-20(24)3/h4-8,13-14H,9-12,15-17H2,1-3H3. The lowest BCUT2D eigenvalue weighted by molar-refractivity contribution is -0.132. The average Bonchev–Trinajstić information content (AvgIpc) is 3.08. The van der Waals surface area contributed by atoms with Gasteiger partial charge in [-0.2, -0.15) is 0 Å². The van der Waals surface area contributed by atoms with Gasteiger partial charge >= 0.3 is 0 Å². The molecule has 0 unspecified atom stereocenters. The summed E-state index contributed by atoms with van der Waals surface area (Å²) in [5.74, 6) is 1.64. The van der Waals surface area contributed by atoms with Crippen molar-refractivity contribution in [1.29, 1.82) is 0 Å². The smallest absolute Gasteiger partial charge is 0.227 e. The molecule has 6 heteroatoms. The number of amides is 1. The van der Waals surface area contributed by atoms with Crippen molar-refractivity contribution in [3.8, 4) is 5.75 Å². The van der Waals surface area contributed by atoms with Crippen LogP contribution in [0, 0.1) is 20.8 Å². The molecule has 32 heavy (non-hydrogen) atoms. The Kier molecular flexibility index (Phi) is 6.90. The topological polar surface area (TPSA) is 64.8 Å². The SMILES string of the molecule is Cc1ccc2c(c1)Cc1cccc(c1)CN(C(=O)Cc1c(C)noc1C)CCOCCO2. The largest absolute Gasteiger partial charge is 0.491 e. The van der Waals surface area contributed by atoms with Gasteiger partial charge in [0, 0.05) is 25.1 Å². The molecule has 2 heterocycles. The number of carbonyl (C=O) groups is 1. The maximum Gasteiger partial charge on any atom is 0.227 e. The van der Waals surface area contributed by atoms with Crippen LogP contribution in [-0.4, -0.2) is 42.3 Å². The number of aromatic nitrogens is 1. The normalized spacial score (nSPS) is 14.9. The van der Waals surface area contributed by atoms with Crippen molar-refractivity contribution in [2.45, 2.75) is 40.2 Å². The van der Waals surface area contributed by atoms with Gasteiger partial charge in [-0.05, 0) is 43.5 Å². The lowest BCUT2D eigenvalue weighted by Gasteiger charge is -2.24. The summed E-state index contributed by atoms with van der Waals surface area (Å²) in [4.78, 5) is 15.0. The zero-order valence-electron chi connectivity index (χ0n) is 19.0. The first kappa shape index (κ1) is 22.1. The van der Waals surface area contributed by atoms with Crippen molar-refractivity contribution in [2.75, 3.05) is 26.4 Å². The molecule has 2 aromatic carbocycles. The molecule has 4 rings (SSSR count). The van der Waals surface area contributed by atoms with Crippen LogP contribution in [0.5, 0.6) is 5.75 Å². The zero-order chi connectivity index (χ0) is 22.5. The molecule has 0 spiro atoms. The highest BCUT2D eigenvalue weighted by atomic mass is 16.5. The van der Waals surface area contributed by atoms with E-state index in [1.165, 1.54) is 11.1 Å². The fourth-order valence-corrected chi connectivity index (χ4v) is 4.06. The third-order valence-corrected chi connectivity index (χ3v) is 5.83. The van der Waals surface area contributed by atoms with Gasteiger partial charge in [-0.1, -0.05) is 47.1 Å². The minimum absolute atomic E-state index is 0.0396. The predicted molar refractivity (Wildman–Crippen MR) is 122 cm³/mol. The van der Waals surface area contributed by atoms with Crippen LogP contribution in [0.25, 0.3) is 0 Å². The van der Waals surface area contributed by atoms with E-state index in [2.05, 4.69) is 48.5 Å². The van der Waals surface area contributed by atoms with Crippen LogP contribution in [-0.2, 0) is 28.9 Å². The van der Waals surface area contributed by atoms with E-state index in [-0.39, 0.29) is 12.3 Å². The van der Waals surface area contributed by atoms with Crippen LogP contribution >= 0.6 is 0 Å². The molecule has 6 nitrogen and oxygen atoms in total. The Morgan fingerprint density at radius 2 is 1.88 bits per heavy atom. The number of benzene rings is 2. The predicted octanol–water partition coefficient (Wildman–Crippen LogP) is 4.17. The van der Waals surface area contributed by atoms with E-state index in [0.717, 1.165) is 34.6 Å². The van der Waals surface area contributed by atoms with Gasteiger partial charge in [0.2, 0.25) is 5.91 Å². The molecule has 0 saturated carbocycles. The van der Waals surface area contributed by atoms with E-state index in [1.807, 2.05) is 24.8 Å². The molecule has 0 radical (unpaired) electrons. The molecule has 168 valence electrons. The van der Waals surface area contributed by atoms with Crippen molar-refractivity contribution < 1.29 is 18.8 Å². The highest BCUT2D eigenvalue weighted by Gasteiger charge is 2.20. The third-order valence-electron chi connectivity index (χ3n) is 5.83. The van der Waals surface area contributed by atoms with Crippen molar-refractivity contribution in [2.24, 2.45) is 0 Å². The highest BCUT2D eigenvalue weighted by Crippen LogP contribution is 2.24. The zero-order valence-corrected chi connectivity index (χ0v) is 19.0. The van der Waals surface area contributed by atoms with E-state index in [0.29, 0.717) is 38.7 Å². The van der Waals surface area contributed by atoms with Gasteiger partial charge < -0.3 is 18.9 Å².